The second-order valence-corrected chi connectivity index (χ2v) is 11.1. The van der Waals surface area contributed by atoms with Crippen LogP contribution in [0.25, 0.3) is 27.8 Å². The number of aromatic nitrogens is 2. The maximum Gasteiger partial charge on any atom is 0.152 e. The quantitative estimate of drug-likeness (QED) is 0.273. The fourth-order valence-corrected chi connectivity index (χ4v) is 5.31. The molecular weight excluding hydrogens is 448 g/mol. The SMILES string of the molecule is CCC(c1nc2ccc(-c3ccc(P(C)C)c(F)c3)cc2n1-c1c(O)cccc1C=O)N(C)C. The summed E-state index contributed by atoms with van der Waals surface area (Å²) in [6.07, 6.45) is 1.53. The molecule has 1 unspecified atom stereocenters. The number of rotatable bonds is 7. The lowest BCUT2D eigenvalue weighted by atomic mass is 10.0. The van der Waals surface area contributed by atoms with Gasteiger partial charge in [0, 0.05) is 10.9 Å². The van der Waals surface area contributed by atoms with Gasteiger partial charge in [0.15, 0.2) is 6.29 Å². The molecule has 1 atom stereocenters. The van der Waals surface area contributed by atoms with Crippen molar-refractivity contribution in [1.29, 1.82) is 0 Å². The van der Waals surface area contributed by atoms with Gasteiger partial charge in [0.05, 0.1) is 22.8 Å². The highest BCUT2D eigenvalue weighted by molar-refractivity contribution is 7.64. The van der Waals surface area contributed by atoms with E-state index in [1.165, 1.54) is 0 Å². The molecule has 1 heterocycles. The van der Waals surface area contributed by atoms with Crippen molar-refractivity contribution >= 4 is 30.5 Å². The first kappa shape index (κ1) is 24.1. The average molecular weight is 478 g/mol. The number of hydrogen-bond donors (Lipinski definition) is 1. The van der Waals surface area contributed by atoms with Crippen LogP contribution in [-0.2, 0) is 0 Å². The lowest BCUT2D eigenvalue weighted by Crippen LogP contribution is -2.23. The van der Waals surface area contributed by atoms with Crippen LogP contribution in [-0.4, -0.2) is 53.3 Å². The molecule has 3 aromatic carbocycles. The summed E-state index contributed by atoms with van der Waals surface area (Å²) in [6.45, 7) is 6.14. The maximum absolute atomic E-state index is 14.8. The molecule has 0 aliphatic heterocycles. The molecule has 0 saturated heterocycles. The molecule has 1 N–H and O–H groups in total. The fraction of sp³-hybridized carbons (Fsp3) is 0.259. The molecule has 0 aliphatic rings. The second kappa shape index (κ2) is 9.65. The van der Waals surface area contributed by atoms with Gasteiger partial charge in [0.1, 0.15) is 17.4 Å². The topological polar surface area (TPSA) is 58.4 Å². The lowest BCUT2D eigenvalue weighted by Gasteiger charge is -2.24. The summed E-state index contributed by atoms with van der Waals surface area (Å²) in [5, 5.41) is 11.6. The van der Waals surface area contributed by atoms with Crippen LogP contribution in [0.3, 0.4) is 0 Å². The summed E-state index contributed by atoms with van der Waals surface area (Å²) < 4.78 is 16.6. The van der Waals surface area contributed by atoms with Gasteiger partial charge in [-0.2, -0.15) is 0 Å². The molecular formula is C27H29FN3O2P. The van der Waals surface area contributed by atoms with Crippen molar-refractivity contribution < 1.29 is 14.3 Å². The highest BCUT2D eigenvalue weighted by Crippen LogP contribution is 2.36. The van der Waals surface area contributed by atoms with E-state index >= 15 is 0 Å². The summed E-state index contributed by atoms with van der Waals surface area (Å²) in [4.78, 5) is 18.9. The highest BCUT2D eigenvalue weighted by atomic mass is 31.1. The van der Waals surface area contributed by atoms with E-state index in [2.05, 4.69) is 11.8 Å². The van der Waals surface area contributed by atoms with Crippen LogP contribution in [0.1, 0.15) is 35.6 Å². The predicted molar refractivity (Wildman–Crippen MR) is 139 cm³/mol. The largest absolute Gasteiger partial charge is 0.506 e. The fourth-order valence-electron chi connectivity index (χ4n) is 4.45. The van der Waals surface area contributed by atoms with E-state index in [1.54, 1.807) is 24.3 Å². The summed E-state index contributed by atoms with van der Waals surface area (Å²) in [6, 6.07) is 16.0. The van der Waals surface area contributed by atoms with Crippen LogP contribution < -0.4 is 5.30 Å². The summed E-state index contributed by atoms with van der Waals surface area (Å²) in [5.74, 6) is 0.526. The number of benzene rings is 3. The first-order valence-corrected chi connectivity index (χ1v) is 13.4. The first-order chi connectivity index (χ1) is 16.3. The van der Waals surface area contributed by atoms with E-state index in [0.29, 0.717) is 11.3 Å². The number of nitrogens with zero attached hydrogens (tertiary/aromatic N) is 3. The van der Waals surface area contributed by atoms with Crippen LogP contribution >= 0.6 is 7.92 Å². The minimum absolute atomic E-state index is 0.00110. The number of aromatic hydroxyl groups is 1. The van der Waals surface area contributed by atoms with Crippen molar-refractivity contribution in [2.24, 2.45) is 0 Å². The van der Waals surface area contributed by atoms with E-state index in [0.717, 1.165) is 46.0 Å². The highest BCUT2D eigenvalue weighted by Gasteiger charge is 2.25. The van der Waals surface area contributed by atoms with Gasteiger partial charge in [0.25, 0.3) is 0 Å². The lowest BCUT2D eigenvalue weighted by molar-refractivity contribution is 0.112. The summed E-state index contributed by atoms with van der Waals surface area (Å²) in [5.41, 5.74) is 3.85. The van der Waals surface area contributed by atoms with Gasteiger partial charge in [0.2, 0.25) is 0 Å². The standard InChI is InChI=1S/C27H29FN3O2P/c1-6-22(30(2)3)27-29-21-12-10-18(17-11-13-25(34(4)5)20(28)14-17)15-23(21)31(27)26-19(16-32)8-7-9-24(26)33/h7-16,22,33H,6H2,1-5H3. The Bertz CT molecular complexity index is 1360. The molecule has 4 rings (SSSR count). The molecule has 4 aromatic rings. The van der Waals surface area contributed by atoms with Crippen molar-refractivity contribution in [3.63, 3.8) is 0 Å². The monoisotopic (exact) mass is 477 g/mol. The van der Waals surface area contributed by atoms with Gasteiger partial charge in [-0.25, -0.2) is 9.37 Å². The van der Waals surface area contributed by atoms with Crippen molar-refractivity contribution in [2.45, 2.75) is 19.4 Å². The zero-order valence-corrected chi connectivity index (χ0v) is 21.0. The minimum Gasteiger partial charge on any atom is -0.506 e. The molecule has 0 aliphatic carbocycles. The molecule has 0 saturated carbocycles. The maximum atomic E-state index is 14.8. The van der Waals surface area contributed by atoms with Crippen LogP contribution in [0, 0.1) is 5.82 Å². The Kier molecular flexibility index (Phi) is 6.83. The van der Waals surface area contributed by atoms with Gasteiger partial charge < -0.3 is 5.11 Å². The number of fused-ring (bicyclic) bond motifs is 1. The average Bonchev–Trinajstić information content (AvgIpc) is 3.16. The predicted octanol–water partition coefficient (Wildman–Crippen LogP) is 5.73. The van der Waals surface area contributed by atoms with Crippen molar-refractivity contribution in [3.8, 4) is 22.6 Å². The third-order valence-corrected chi connectivity index (χ3v) is 7.47. The van der Waals surface area contributed by atoms with Crippen LogP contribution in [0.2, 0.25) is 0 Å². The molecule has 7 heteroatoms. The molecule has 0 bridgehead atoms. The number of carbonyl (C=O) groups is 1. The van der Waals surface area contributed by atoms with Crippen LogP contribution in [0.4, 0.5) is 4.39 Å². The third kappa shape index (κ3) is 4.24. The number of carbonyl (C=O) groups excluding carboxylic acids is 1. The Hall–Kier alpha value is -3.08. The summed E-state index contributed by atoms with van der Waals surface area (Å²) >= 11 is 0. The Morgan fingerprint density at radius 2 is 1.82 bits per heavy atom. The van der Waals surface area contributed by atoms with Gasteiger partial charge in [-0.1, -0.05) is 39.1 Å². The number of hydrogen-bond acceptors (Lipinski definition) is 4. The van der Waals surface area contributed by atoms with Crippen LogP contribution in [0.5, 0.6) is 5.75 Å². The molecule has 1 aromatic heterocycles. The zero-order chi connectivity index (χ0) is 24.6. The number of phenolic OH excluding ortho intramolecular Hbond substituents is 1. The second-order valence-electron chi connectivity index (χ2n) is 8.79. The molecule has 0 spiro atoms. The minimum atomic E-state index is -0.538. The number of halogens is 1. The molecule has 34 heavy (non-hydrogen) atoms. The van der Waals surface area contributed by atoms with Crippen molar-refractivity contribution in [1.82, 2.24) is 14.5 Å². The Labute approximate surface area is 200 Å². The van der Waals surface area contributed by atoms with Gasteiger partial charge in [-0.15, -0.1) is 0 Å². The number of aldehydes is 1. The van der Waals surface area contributed by atoms with E-state index < -0.39 is 7.92 Å². The molecule has 0 radical (unpaired) electrons. The number of imidazole rings is 1. The normalized spacial score (nSPS) is 12.6. The molecule has 176 valence electrons. The van der Waals surface area contributed by atoms with Gasteiger partial charge in [-0.3, -0.25) is 14.3 Å². The number of para-hydroxylation sites is 1. The first-order valence-electron chi connectivity index (χ1n) is 11.2. The van der Waals surface area contributed by atoms with E-state index in [4.69, 9.17) is 4.98 Å². The Morgan fingerprint density at radius 1 is 1.12 bits per heavy atom. The molecule has 0 fully saturated rings. The smallest absolute Gasteiger partial charge is 0.152 e. The zero-order valence-electron chi connectivity index (χ0n) is 20.1. The van der Waals surface area contributed by atoms with Crippen molar-refractivity contribution in [2.75, 3.05) is 27.4 Å². The Morgan fingerprint density at radius 3 is 2.44 bits per heavy atom. The van der Waals surface area contributed by atoms with Gasteiger partial charge in [-0.05, 0) is 75.3 Å². The number of phenols is 1. The van der Waals surface area contributed by atoms with Gasteiger partial charge >= 0.3 is 0 Å². The van der Waals surface area contributed by atoms with E-state index in [1.807, 2.05) is 62.3 Å². The molecule has 5 nitrogen and oxygen atoms in total. The van der Waals surface area contributed by atoms with Crippen LogP contribution in [0.15, 0.2) is 54.6 Å². The Balaban J connectivity index is 2.02. The summed E-state index contributed by atoms with van der Waals surface area (Å²) in [7, 11) is 3.43. The third-order valence-electron chi connectivity index (χ3n) is 6.15. The van der Waals surface area contributed by atoms with E-state index in [-0.39, 0.29) is 17.6 Å². The van der Waals surface area contributed by atoms with Crippen molar-refractivity contribution in [3.05, 3.63) is 71.8 Å². The van der Waals surface area contributed by atoms with E-state index in [9.17, 15) is 14.3 Å². The molecule has 0 amide bonds.